The molecule has 0 bridgehead atoms. The Hall–Kier alpha value is -1.08. The van der Waals surface area contributed by atoms with E-state index in [0.29, 0.717) is 6.04 Å². The Morgan fingerprint density at radius 1 is 1.57 bits per heavy atom. The number of nitrogens with zero attached hydrogens (tertiary/aromatic N) is 1. The van der Waals surface area contributed by atoms with Crippen LogP contribution in [0, 0.1) is 11.3 Å². The van der Waals surface area contributed by atoms with Crippen LogP contribution in [0.5, 0.6) is 0 Å². The van der Waals surface area contributed by atoms with Crippen molar-refractivity contribution >= 4 is 5.91 Å². The number of rotatable bonds is 5. The third-order valence-electron chi connectivity index (χ3n) is 2.02. The van der Waals surface area contributed by atoms with Crippen molar-refractivity contribution in [1.29, 1.82) is 5.26 Å². The van der Waals surface area contributed by atoms with Gasteiger partial charge >= 0.3 is 0 Å². The highest BCUT2D eigenvalue weighted by molar-refractivity contribution is 5.77. The van der Waals surface area contributed by atoms with Crippen LogP contribution >= 0.6 is 0 Å². The Balaban J connectivity index is 2.24. The van der Waals surface area contributed by atoms with Crippen molar-refractivity contribution in [3.8, 4) is 6.07 Å². The van der Waals surface area contributed by atoms with Gasteiger partial charge in [0.05, 0.1) is 12.5 Å². The van der Waals surface area contributed by atoms with Crippen LogP contribution in [0.2, 0.25) is 0 Å². The predicted molar refractivity (Wildman–Crippen MR) is 53.5 cm³/mol. The van der Waals surface area contributed by atoms with Crippen LogP contribution in [-0.4, -0.2) is 24.0 Å². The highest BCUT2D eigenvalue weighted by Crippen LogP contribution is 2.18. The second kappa shape index (κ2) is 4.97. The Labute approximate surface area is 84.7 Å². The summed E-state index contributed by atoms with van der Waals surface area (Å²) in [5, 5.41) is 14.7. The van der Waals surface area contributed by atoms with Crippen molar-refractivity contribution in [2.24, 2.45) is 0 Å². The molecule has 1 saturated carbocycles. The summed E-state index contributed by atoms with van der Waals surface area (Å²) in [7, 11) is 0. The molecule has 4 heteroatoms. The lowest BCUT2D eigenvalue weighted by atomic mass is 10.2. The number of nitriles is 1. The molecule has 14 heavy (non-hydrogen) atoms. The zero-order chi connectivity index (χ0) is 10.6. The summed E-state index contributed by atoms with van der Waals surface area (Å²) in [4.78, 5) is 11.3. The summed E-state index contributed by atoms with van der Waals surface area (Å²) in [5.41, 5.74) is 0. The number of nitrogens with one attached hydrogen (secondary N) is 2. The molecule has 1 fully saturated rings. The van der Waals surface area contributed by atoms with Crippen LogP contribution in [-0.2, 0) is 4.79 Å². The molecule has 2 N–H and O–H groups in total. The second-order valence-electron chi connectivity index (χ2n) is 4.05. The van der Waals surface area contributed by atoms with Gasteiger partial charge in [-0.15, -0.1) is 0 Å². The molecule has 0 heterocycles. The Morgan fingerprint density at radius 3 is 2.64 bits per heavy atom. The van der Waals surface area contributed by atoms with Gasteiger partial charge in [-0.05, 0) is 26.7 Å². The van der Waals surface area contributed by atoms with Crippen LogP contribution in [0.15, 0.2) is 0 Å². The molecule has 0 aromatic carbocycles. The van der Waals surface area contributed by atoms with Crippen LogP contribution < -0.4 is 10.6 Å². The third-order valence-corrected chi connectivity index (χ3v) is 2.02. The lowest BCUT2D eigenvalue weighted by molar-refractivity contribution is -0.121. The van der Waals surface area contributed by atoms with Crippen molar-refractivity contribution in [3.63, 3.8) is 0 Å². The van der Waals surface area contributed by atoms with E-state index in [1.807, 2.05) is 13.8 Å². The van der Waals surface area contributed by atoms with E-state index in [4.69, 9.17) is 5.26 Å². The molecule has 0 aromatic rings. The van der Waals surface area contributed by atoms with Gasteiger partial charge in [-0.25, -0.2) is 0 Å². The summed E-state index contributed by atoms with van der Waals surface area (Å²) in [6.07, 6.45) is 2.42. The number of carbonyl (C=O) groups excluding carboxylic acids is 1. The van der Waals surface area contributed by atoms with E-state index in [9.17, 15) is 4.79 Å². The first-order chi connectivity index (χ1) is 6.61. The maximum absolute atomic E-state index is 11.3. The van der Waals surface area contributed by atoms with Crippen LogP contribution in [0.3, 0.4) is 0 Å². The van der Waals surface area contributed by atoms with Crippen LogP contribution in [0.25, 0.3) is 0 Å². The second-order valence-corrected chi connectivity index (χ2v) is 4.05. The zero-order valence-electron chi connectivity index (χ0n) is 8.71. The molecule has 0 aliphatic heterocycles. The van der Waals surface area contributed by atoms with E-state index >= 15 is 0 Å². The Morgan fingerprint density at radius 2 is 2.21 bits per heavy atom. The van der Waals surface area contributed by atoms with Gasteiger partial charge in [-0.1, -0.05) is 0 Å². The van der Waals surface area contributed by atoms with E-state index in [-0.39, 0.29) is 24.4 Å². The molecule has 1 rings (SSSR count). The SMILES string of the molecule is CC(C)NC(C#N)CC(=O)NC1CC1. The molecular formula is C10H17N3O. The summed E-state index contributed by atoms with van der Waals surface area (Å²) < 4.78 is 0. The molecule has 0 saturated heterocycles. The molecule has 0 radical (unpaired) electrons. The minimum Gasteiger partial charge on any atom is -0.353 e. The van der Waals surface area contributed by atoms with Crippen LogP contribution in [0.4, 0.5) is 0 Å². The van der Waals surface area contributed by atoms with Gasteiger partial charge in [0, 0.05) is 12.1 Å². The number of carbonyl (C=O) groups is 1. The fourth-order valence-electron chi connectivity index (χ4n) is 1.24. The van der Waals surface area contributed by atoms with E-state index in [2.05, 4.69) is 16.7 Å². The summed E-state index contributed by atoms with van der Waals surface area (Å²) in [5.74, 6) is -0.0211. The topological polar surface area (TPSA) is 64.9 Å². The van der Waals surface area contributed by atoms with Crippen molar-refractivity contribution in [1.82, 2.24) is 10.6 Å². The molecule has 78 valence electrons. The van der Waals surface area contributed by atoms with Crippen molar-refractivity contribution in [2.45, 2.75) is 51.2 Å². The lowest BCUT2D eigenvalue weighted by Gasteiger charge is -2.13. The fourth-order valence-corrected chi connectivity index (χ4v) is 1.24. The van der Waals surface area contributed by atoms with Crippen molar-refractivity contribution < 1.29 is 4.79 Å². The molecule has 0 spiro atoms. The number of hydrogen-bond acceptors (Lipinski definition) is 3. The van der Waals surface area contributed by atoms with E-state index in [1.54, 1.807) is 0 Å². The van der Waals surface area contributed by atoms with E-state index < -0.39 is 0 Å². The van der Waals surface area contributed by atoms with Gasteiger partial charge in [-0.2, -0.15) is 5.26 Å². The highest BCUT2D eigenvalue weighted by Gasteiger charge is 2.24. The molecule has 1 aliphatic carbocycles. The summed E-state index contributed by atoms with van der Waals surface area (Å²) >= 11 is 0. The maximum atomic E-state index is 11.3. The molecular weight excluding hydrogens is 178 g/mol. The van der Waals surface area contributed by atoms with Gasteiger partial charge in [0.2, 0.25) is 5.91 Å². The van der Waals surface area contributed by atoms with Gasteiger partial charge < -0.3 is 5.32 Å². The molecule has 1 aliphatic rings. The molecule has 1 amide bonds. The fraction of sp³-hybridized carbons (Fsp3) is 0.800. The maximum Gasteiger partial charge on any atom is 0.222 e. The molecule has 0 aromatic heterocycles. The van der Waals surface area contributed by atoms with E-state index in [1.165, 1.54) is 0 Å². The standard InChI is InChI=1S/C10H17N3O/c1-7(2)12-9(6-11)5-10(14)13-8-3-4-8/h7-9,12H,3-5H2,1-2H3,(H,13,14). The number of amides is 1. The first kappa shape index (κ1) is 11.0. The quantitative estimate of drug-likeness (QED) is 0.673. The first-order valence-corrected chi connectivity index (χ1v) is 5.07. The van der Waals surface area contributed by atoms with Crippen molar-refractivity contribution in [3.05, 3.63) is 0 Å². The first-order valence-electron chi connectivity index (χ1n) is 5.07. The lowest BCUT2D eigenvalue weighted by Crippen LogP contribution is -2.38. The average Bonchev–Trinajstić information content (AvgIpc) is 2.86. The van der Waals surface area contributed by atoms with Crippen molar-refractivity contribution in [2.75, 3.05) is 0 Å². The van der Waals surface area contributed by atoms with Gasteiger partial charge in [0.1, 0.15) is 6.04 Å². The zero-order valence-corrected chi connectivity index (χ0v) is 8.71. The normalized spacial score (nSPS) is 17.6. The summed E-state index contributed by atoms with van der Waals surface area (Å²) in [6.45, 7) is 3.92. The van der Waals surface area contributed by atoms with E-state index in [0.717, 1.165) is 12.8 Å². The smallest absolute Gasteiger partial charge is 0.222 e. The van der Waals surface area contributed by atoms with Crippen LogP contribution in [0.1, 0.15) is 33.1 Å². The predicted octanol–water partition coefficient (Wildman–Crippen LogP) is 0.545. The van der Waals surface area contributed by atoms with Gasteiger partial charge in [0.25, 0.3) is 0 Å². The summed E-state index contributed by atoms with van der Waals surface area (Å²) in [6, 6.07) is 2.32. The largest absolute Gasteiger partial charge is 0.353 e. The van der Waals surface area contributed by atoms with Gasteiger partial charge in [0.15, 0.2) is 0 Å². The highest BCUT2D eigenvalue weighted by atomic mass is 16.1. The minimum absolute atomic E-state index is 0.0211. The molecule has 4 nitrogen and oxygen atoms in total. The minimum atomic E-state index is -0.367. The average molecular weight is 195 g/mol. The monoisotopic (exact) mass is 195 g/mol. The Bertz CT molecular complexity index is 240. The molecule has 1 unspecified atom stereocenters. The van der Waals surface area contributed by atoms with Gasteiger partial charge in [-0.3, -0.25) is 10.1 Å². The molecule has 1 atom stereocenters. The number of hydrogen-bond donors (Lipinski definition) is 2. The third kappa shape index (κ3) is 4.24. The Kier molecular flexibility index (Phi) is 3.90.